The van der Waals surface area contributed by atoms with Crippen molar-refractivity contribution in [1.82, 2.24) is 15.1 Å². The molecule has 1 aliphatic carbocycles. The Bertz CT molecular complexity index is 471. The van der Waals surface area contributed by atoms with Gasteiger partial charge in [0, 0.05) is 38.8 Å². The summed E-state index contributed by atoms with van der Waals surface area (Å²) in [6.45, 7) is 4.92. The van der Waals surface area contributed by atoms with Gasteiger partial charge >= 0.3 is 6.18 Å². The second kappa shape index (κ2) is 7.72. The first kappa shape index (κ1) is 18.8. The molecule has 0 aromatic rings. The quantitative estimate of drug-likeness (QED) is 0.619. The summed E-state index contributed by atoms with van der Waals surface area (Å²) in [7, 11) is 0. The minimum atomic E-state index is -4.11. The Hall–Kier alpha value is -0.980. The Balaban J connectivity index is 1.55. The molecule has 3 fully saturated rings. The van der Waals surface area contributed by atoms with E-state index in [1.165, 1.54) is 43.4 Å². The molecule has 3 rings (SSSR count). The molecule has 0 aromatic heterocycles. The number of alkyl halides is 3. The lowest BCUT2D eigenvalue weighted by molar-refractivity contribution is -0.143. The molecule has 3 aliphatic rings. The van der Waals surface area contributed by atoms with Crippen LogP contribution in [0.4, 0.5) is 13.2 Å². The van der Waals surface area contributed by atoms with E-state index in [4.69, 9.17) is 0 Å². The lowest BCUT2D eigenvalue weighted by Crippen LogP contribution is -2.47. The zero-order valence-electron chi connectivity index (χ0n) is 15.2. The minimum Gasteiger partial charge on any atom is -0.352 e. The Kier molecular flexibility index (Phi) is 5.81. The Morgan fingerprint density at radius 3 is 2.60 bits per heavy atom. The van der Waals surface area contributed by atoms with Crippen molar-refractivity contribution < 1.29 is 13.2 Å². The van der Waals surface area contributed by atoms with Gasteiger partial charge in [0.1, 0.15) is 0 Å². The number of hydrogen-bond donors (Lipinski definition) is 1. The molecule has 0 amide bonds. The molecule has 7 heteroatoms. The number of hydrogen-bond acceptors (Lipinski definition) is 2. The van der Waals surface area contributed by atoms with E-state index in [-0.39, 0.29) is 6.04 Å². The van der Waals surface area contributed by atoms with Crippen LogP contribution in [-0.2, 0) is 0 Å². The molecule has 2 saturated heterocycles. The Morgan fingerprint density at radius 1 is 1.16 bits per heavy atom. The smallest absolute Gasteiger partial charge is 0.352 e. The van der Waals surface area contributed by atoms with Gasteiger partial charge in [-0.15, -0.1) is 0 Å². The van der Waals surface area contributed by atoms with Crippen molar-refractivity contribution in [1.29, 1.82) is 0 Å². The second-order valence-electron chi connectivity index (χ2n) is 8.01. The first-order valence-corrected chi connectivity index (χ1v) is 9.74. The third-order valence-electron chi connectivity index (χ3n) is 5.97. The summed E-state index contributed by atoms with van der Waals surface area (Å²) in [4.78, 5) is 8.48. The van der Waals surface area contributed by atoms with Crippen molar-refractivity contribution >= 4 is 5.96 Å². The summed E-state index contributed by atoms with van der Waals surface area (Å²) in [5.74, 6) is 0.906. The number of nitrogens with zero attached hydrogens (tertiary/aromatic N) is 3. The van der Waals surface area contributed by atoms with Crippen LogP contribution in [0.2, 0.25) is 0 Å². The van der Waals surface area contributed by atoms with Crippen LogP contribution >= 0.6 is 0 Å². The zero-order chi connectivity index (χ0) is 17.9. The van der Waals surface area contributed by atoms with E-state index in [1.807, 2.05) is 6.92 Å². The molecule has 2 aliphatic heterocycles. The number of guanidine groups is 1. The van der Waals surface area contributed by atoms with E-state index in [1.54, 1.807) is 0 Å². The summed E-state index contributed by atoms with van der Waals surface area (Å²) in [5, 5.41) is 3.46. The monoisotopic (exact) mass is 360 g/mol. The highest BCUT2D eigenvalue weighted by atomic mass is 19.4. The van der Waals surface area contributed by atoms with Crippen LogP contribution in [-0.4, -0.2) is 67.2 Å². The summed E-state index contributed by atoms with van der Waals surface area (Å²) in [5.41, 5.74) is 0.451. The molecule has 144 valence electrons. The molecule has 0 radical (unpaired) electrons. The summed E-state index contributed by atoms with van der Waals surface area (Å²) in [6.07, 6.45) is 4.50. The minimum absolute atomic E-state index is 0.0653. The molecule has 1 N–H and O–H groups in total. The van der Waals surface area contributed by atoms with Crippen molar-refractivity contribution in [2.75, 3.05) is 39.3 Å². The fourth-order valence-corrected chi connectivity index (χ4v) is 4.74. The molecule has 1 spiro atoms. The predicted molar refractivity (Wildman–Crippen MR) is 93.7 cm³/mol. The van der Waals surface area contributed by atoms with Crippen LogP contribution in [0.1, 0.15) is 51.9 Å². The van der Waals surface area contributed by atoms with E-state index >= 15 is 0 Å². The molecule has 0 bridgehead atoms. The summed E-state index contributed by atoms with van der Waals surface area (Å²) in [6, 6.07) is 0.0653. The van der Waals surface area contributed by atoms with E-state index in [2.05, 4.69) is 15.2 Å². The van der Waals surface area contributed by atoms with Crippen molar-refractivity contribution in [3.8, 4) is 0 Å². The molecular weight excluding hydrogens is 329 g/mol. The SMILES string of the molecule is CCN=C(NC1CCN(CC(F)(F)F)C1)N1CCC2(CCCCC2)C1. The maximum Gasteiger partial charge on any atom is 0.401 e. The van der Waals surface area contributed by atoms with Crippen molar-refractivity contribution in [3.63, 3.8) is 0 Å². The molecule has 2 heterocycles. The van der Waals surface area contributed by atoms with Gasteiger partial charge in [-0.2, -0.15) is 13.2 Å². The maximum absolute atomic E-state index is 12.6. The van der Waals surface area contributed by atoms with E-state index in [0.29, 0.717) is 25.0 Å². The van der Waals surface area contributed by atoms with Gasteiger partial charge in [-0.05, 0) is 38.0 Å². The van der Waals surface area contributed by atoms with Crippen LogP contribution in [0.15, 0.2) is 4.99 Å². The Labute approximate surface area is 148 Å². The normalized spacial score (nSPS) is 28.1. The fourth-order valence-electron chi connectivity index (χ4n) is 4.74. The van der Waals surface area contributed by atoms with E-state index < -0.39 is 12.7 Å². The topological polar surface area (TPSA) is 30.9 Å². The first-order valence-electron chi connectivity index (χ1n) is 9.74. The van der Waals surface area contributed by atoms with Crippen molar-refractivity contribution in [2.24, 2.45) is 10.4 Å². The number of nitrogens with one attached hydrogen (secondary N) is 1. The maximum atomic E-state index is 12.6. The van der Waals surface area contributed by atoms with Crippen LogP contribution in [0.3, 0.4) is 0 Å². The summed E-state index contributed by atoms with van der Waals surface area (Å²) >= 11 is 0. The lowest BCUT2D eigenvalue weighted by Gasteiger charge is -2.34. The standard InChI is InChI=1S/C18H31F3N4/c1-2-22-16(23-15-6-10-24(12-15)14-18(19,20)21)25-11-9-17(13-25)7-4-3-5-8-17/h15H,2-14H2,1H3,(H,22,23). The van der Waals surface area contributed by atoms with E-state index in [0.717, 1.165) is 25.5 Å². The van der Waals surface area contributed by atoms with Gasteiger partial charge < -0.3 is 10.2 Å². The number of halogens is 3. The molecule has 1 unspecified atom stereocenters. The zero-order valence-corrected chi connectivity index (χ0v) is 15.2. The predicted octanol–water partition coefficient (Wildman–Crippen LogP) is 3.24. The molecular formula is C18H31F3N4. The van der Waals surface area contributed by atoms with Gasteiger partial charge in [0.2, 0.25) is 0 Å². The van der Waals surface area contributed by atoms with Gasteiger partial charge in [0.05, 0.1) is 6.54 Å². The fraction of sp³-hybridized carbons (Fsp3) is 0.944. The van der Waals surface area contributed by atoms with E-state index in [9.17, 15) is 13.2 Å². The third-order valence-corrected chi connectivity index (χ3v) is 5.97. The summed E-state index contributed by atoms with van der Waals surface area (Å²) < 4.78 is 37.7. The van der Waals surface area contributed by atoms with Crippen LogP contribution in [0.5, 0.6) is 0 Å². The highest BCUT2D eigenvalue weighted by molar-refractivity contribution is 5.80. The second-order valence-corrected chi connectivity index (χ2v) is 8.01. The average molecular weight is 360 g/mol. The van der Waals surface area contributed by atoms with Crippen LogP contribution in [0, 0.1) is 5.41 Å². The van der Waals surface area contributed by atoms with Crippen LogP contribution in [0.25, 0.3) is 0 Å². The van der Waals surface area contributed by atoms with Crippen molar-refractivity contribution in [3.05, 3.63) is 0 Å². The highest BCUT2D eigenvalue weighted by Gasteiger charge is 2.40. The largest absolute Gasteiger partial charge is 0.401 e. The van der Waals surface area contributed by atoms with Gasteiger partial charge in [-0.1, -0.05) is 19.3 Å². The number of rotatable bonds is 3. The molecule has 25 heavy (non-hydrogen) atoms. The van der Waals surface area contributed by atoms with Gasteiger partial charge in [-0.25, -0.2) is 0 Å². The van der Waals surface area contributed by atoms with Gasteiger partial charge in [-0.3, -0.25) is 9.89 Å². The van der Waals surface area contributed by atoms with Crippen LogP contribution < -0.4 is 5.32 Å². The molecule has 1 atom stereocenters. The molecule has 1 saturated carbocycles. The van der Waals surface area contributed by atoms with Gasteiger partial charge in [0.15, 0.2) is 5.96 Å². The highest BCUT2D eigenvalue weighted by Crippen LogP contribution is 2.43. The average Bonchev–Trinajstić information content (AvgIpc) is 3.14. The third kappa shape index (κ3) is 5.02. The molecule has 0 aromatic carbocycles. The molecule has 4 nitrogen and oxygen atoms in total. The number of likely N-dealkylation sites (tertiary alicyclic amines) is 2. The first-order chi connectivity index (χ1) is 11.9. The van der Waals surface area contributed by atoms with Gasteiger partial charge in [0.25, 0.3) is 0 Å². The number of aliphatic imine (C=N–C) groups is 1. The lowest BCUT2D eigenvalue weighted by atomic mass is 9.73. The van der Waals surface area contributed by atoms with Crippen molar-refractivity contribution in [2.45, 2.75) is 64.1 Å². The Morgan fingerprint density at radius 2 is 1.92 bits per heavy atom.